The SMILES string of the molecule is CC(=O)c1cc(CC(F)F)nn1C. The smallest absolute Gasteiger partial charge is 0.244 e. The van der Waals surface area contributed by atoms with Crippen molar-refractivity contribution in [1.29, 1.82) is 0 Å². The molecule has 0 atom stereocenters. The number of ketones is 1. The summed E-state index contributed by atoms with van der Waals surface area (Å²) < 4.78 is 25.2. The Kier molecular flexibility index (Phi) is 2.75. The Labute approximate surface area is 74.4 Å². The molecule has 0 aromatic carbocycles. The number of Topliss-reactive ketones (excluding diaryl/α,β-unsaturated/α-hetero) is 1. The van der Waals surface area contributed by atoms with Crippen molar-refractivity contribution in [2.75, 3.05) is 0 Å². The van der Waals surface area contributed by atoms with Crippen LogP contribution in [0.2, 0.25) is 0 Å². The molecule has 0 aliphatic rings. The van der Waals surface area contributed by atoms with E-state index >= 15 is 0 Å². The van der Waals surface area contributed by atoms with E-state index in [0.29, 0.717) is 5.69 Å². The zero-order valence-electron chi connectivity index (χ0n) is 7.42. The van der Waals surface area contributed by atoms with Crippen LogP contribution >= 0.6 is 0 Å². The van der Waals surface area contributed by atoms with Gasteiger partial charge in [0, 0.05) is 14.0 Å². The fourth-order valence-electron chi connectivity index (χ4n) is 1.11. The van der Waals surface area contributed by atoms with Crippen LogP contribution in [-0.2, 0) is 13.5 Å². The Morgan fingerprint density at radius 2 is 2.31 bits per heavy atom. The van der Waals surface area contributed by atoms with E-state index in [9.17, 15) is 13.6 Å². The van der Waals surface area contributed by atoms with E-state index < -0.39 is 12.8 Å². The minimum atomic E-state index is -2.42. The van der Waals surface area contributed by atoms with E-state index in [1.807, 2.05) is 0 Å². The maximum Gasteiger partial charge on any atom is 0.244 e. The summed E-state index contributed by atoms with van der Waals surface area (Å²) in [6, 6.07) is 1.40. The highest BCUT2D eigenvalue weighted by atomic mass is 19.3. The lowest BCUT2D eigenvalue weighted by Crippen LogP contribution is -2.02. The largest absolute Gasteiger partial charge is 0.293 e. The Balaban J connectivity index is 2.89. The van der Waals surface area contributed by atoms with Gasteiger partial charge in [0.25, 0.3) is 0 Å². The molecule has 0 saturated heterocycles. The minimum Gasteiger partial charge on any atom is -0.293 e. The van der Waals surface area contributed by atoms with Crippen LogP contribution in [0, 0.1) is 0 Å². The lowest BCUT2D eigenvalue weighted by Gasteiger charge is -1.93. The number of carbonyl (C=O) groups excluding carboxylic acids is 1. The molecule has 1 aromatic heterocycles. The van der Waals surface area contributed by atoms with Gasteiger partial charge in [-0.05, 0) is 6.07 Å². The van der Waals surface area contributed by atoms with Gasteiger partial charge in [-0.3, -0.25) is 9.48 Å². The summed E-state index contributed by atoms with van der Waals surface area (Å²) in [4.78, 5) is 10.9. The van der Waals surface area contributed by atoms with Crippen molar-refractivity contribution in [1.82, 2.24) is 9.78 Å². The molecule has 0 fully saturated rings. The summed E-state index contributed by atoms with van der Waals surface area (Å²) in [5, 5.41) is 3.79. The number of rotatable bonds is 3. The van der Waals surface area contributed by atoms with Crippen LogP contribution in [0.3, 0.4) is 0 Å². The molecule has 72 valence electrons. The zero-order valence-corrected chi connectivity index (χ0v) is 7.42. The summed E-state index contributed by atoms with van der Waals surface area (Å²) >= 11 is 0. The van der Waals surface area contributed by atoms with Crippen molar-refractivity contribution in [2.45, 2.75) is 19.8 Å². The standard InChI is InChI=1S/C8H10F2N2O/c1-5(13)7-3-6(4-8(9)10)11-12(7)2/h3,8H,4H2,1-2H3. The van der Waals surface area contributed by atoms with Crippen LogP contribution < -0.4 is 0 Å². The van der Waals surface area contributed by atoms with E-state index in [2.05, 4.69) is 5.10 Å². The van der Waals surface area contributed by atoms with Crippen molar-refractivity contribution in [3.63, 3.8) is 0 Å². The van der Waals surface area contributed by atoms with E-state index in [1.165, 1.54) is 17.7 Å². The first-order chi connectivity index (χ1) is 6.00. The average molecular weight is 188 g/mol. The molecule has 0 aliphatic carbocycles. The lowest BCUT2D eigenvalue weighted by atomic mass is 10.2. The Bertz CT molecular complexity index is 320. The van der Waals surface area contributed by atoms with Crippen molar-refractivity contribution in [3.05, 3.63) is 17.5 Å². The van der Waals surface area contributed by atoms with Gasteiger partial charge in [0.1, 0.15) is 5.69 Å². The van der Waals surface area contributed by atoms with Gasteiger partial charge in [-0.25, -0.2) is 8.78 Å². The number of nitrogens with zero attached hydrogens (tertiary/aromatic N) is 2. The van der Waals surface area contributed by atoms with Gasteiger partial charge in [-0.2, -0.15) is 5.10 Å². The van der Waals surface area contributed by atoms with E-state index in [-0.39, 0.29) is 11.5 Å². The molecule has 0 spiro atoms. The van der Waals surface area contributed by atoms with Gasteiger partial charge in [0.2, 0.25) is 6.43 Å². The predicted octanol–water partition coefficient (Wildman–Crippen LogP) is 1.43. The van der Waals surface area contributed by atoms with Crippen LogP contribution in [0.5, 0.6) is 0 Å². The van der Waals surface area contributed by atoms with Crippen molar-refractivity contribution in [3.8, 4) is 0 Å². The second-order valence-electron chi connectivity index (χ2n) is 2.80. The Hall–Kier alpha value is -1.26. The van der Waals surface area contributed by atoms with Crippen LogP contribution in [0.15, 0.2) is 6.07 Å². The predicted molar refractivity (Wildman–Crippen MR) is 42.9 cm³/mol. The van der Waals surface area contributed by atoms with Crippen molar-refractivity contribution in [2.24, 2.45) is 7.05 Å². The fourth-order valence-corrected chi connectivity index (χ4v) is 1.11. The third-order valence-electron chi connectivity index (χ3n) is 1.65. The molecule has 1 aromatic rings. The third kappa shape index (κ3) is 2.34. The number of halogens is 2. The first-order valence-electron chi connectivity index (χ1n) is 3.82. The van der Waals surface area contributed by atoms with E-state index in [1.54, 1.807) is 7.05 Å². The summed E-state index contributed by atoms with van der Waals surface area (Å²) in [6.07, 6.45) is -2.82. The van der Waals surface area contributed by atoms with Crippen molar-refractivity contribution < 1.29 is 13.6 Å². The fraction of sp³-hybridized carbons (Fsp3) is 0.500. The zero-order chi connectivity index (χ0) is 10.0. The summed E-state index contributed by atoms with van der Waals surface area (Å²) in [5.41, 5.74) is 0.610. The number of hydrogen-bond acceptors (Lipinski definition) is 2. The highest BCUT2D eigenvalue weighted by molar-refractivity contribution is 5.92. The van der Waals surface area contributed by atoms with Gasteiger partial charge in [0.15, 0.2) is 5.78 Å². The topological polar surface area (TPSA) is 34.9 Å². The number of aryl methyl sites for hydroxylation is 1. The Morgan fingerprint density at radius 3 is 2.69 bits per heavy atom. The normalized spacial score (nSPS) is 10.8. The maximum atomic E-state index is 11.9. The first kappa shape index (κ1) is 9.83. The number of alkyl halides is 2. The summed E-state index contributed by atoms with van der Waals surface area (Å²) in [7, 11) is 1.56. The second kappa shape index (κ2) is 3.64. The number of carbonyl (C=O) groups is 1. The van der Waals surface area contributed by atoms with E-state index in [4.69, 9.17) is 0 Å². The molecule has 13 heavy (non-hydrogen) atoms. The molecule has 0 unspecified atom stereocenters. The van der Waals surface area contributed by atoms with Gasteiger partial charge in [-0.15, -0.1) is 0 Å². The maximum absolute atomic E-state index is 11.9. The van der Waals surface area contributed by atoms with Crippen LogP contribution in [0.4, 0.5) is 8.78 Å². The van der Waals surface area contributed by atoms with Crippen LogP contribution in [-0.4, -0.2) is 22.0 Å². The summed E-state index contributed by atoms with van der Waals surface area (Å²) in [5.74, 6) is -0.171. The number of aromatic nitrogens is 2. The molecule has 1 rings (SSSR count). The molecule has 5 heteroatoms. The highest BCUT2D eigenvalue weighted by Crippen LogP contribution is 2.08. The van der Waals surface area contributed by atoms with Crippen molar-refractivity contribution >= 4 is 5.78 Å². The average Bonchev–Trinajstić information content (AvgIpc) is 2.29. The van der Waals surface area contributed by atoms with Crippen LogP contribution in [0.25, 0.3) is 0 Å². The molecule has 0 amide bonds. The van der Waals surface area contributed by atoms with Gasteiger partial charge < -0.3 is 0 Å². The molecule has 0 aliphatic heterocycles. The van der Waals surface area contributed by atoms with Gasteiger partial charge >= 0.3 is 0 Å². The van der Waals surface area contributed by atoms with E-state index in [0.717, 1.165) is 0 Å². The number of hydrogen-bond donors (Lipinski definition) is 0. The molecular weight excluding hydrogens is 178 g/mol. The second-order valence-corrected chi connectivity index (χ2v) is 2.80. The Morgan fingerprint density at radius 1 is 1.69 bits per heavy atom. The monoisotopic (exact) mass is 188 g/mol. The molecule has 0 bridgehead atoms. The lowest BCUT2D eigenvalue weighted by molar-refractivity contribution is 0.100. The molecular formula is C8H10F2N2O. The summed E-state index contributed by atoms with van der Waals surface area (Å²) in [6.45, 7) is 1.38. The molecule has 0 radical (unpaired) electrons. The minimum absolute atomic E-state index is 0.171. The molecule has 0 saturated carbocycles. The molecule has 0 N–H and O–H groups in total. The third-order valence-corrected chi connectivity index (χ3v) is 1.65. The van der Waals surface area contributed by atoms with Gasteiger partial charge in [-0.1, -0.05) is 0 Å². The van der Waals surface area contributed by atoms with Crippen LogP contribution in [0.1, 0.15) is 23.1 Å². The quantitative estimate of drug-likeness (QED) is 0.672. The highest BCUT2D eigenvalue weighted by Gasteiger charge is 2.12. The molecule has 3 nitrogen and oxygen atoms in total. The first-order valence-corrected chi connectivity index (χ1v) is 3.82. The molecule has 1 heterocycles. The van der Waals surface area contributed by atoms with Gasteiger partial charge in [0.05, 0.1) is 12.1 Å².